The van der Waals surface area contributed by atoms with Gasteiger partial charge in [0.1, 0.15) is 0 Å². The van der Waals surface area contributed by atoms with Crippen LogP contribution in [-0.4, -0.2) is 18.1 Å². The molecule has 2 N–H and O–H groups in total. The van der Waals surface area contributed by atoms with E-state index in [2.05, 4.69) is 0 Å². The number of aromatic nitrogens is 1. The van der Waals surface area contributed by atoms with Crippen molar-refractivity contribution in [3.8, 4) is 0 Å². The van der Waals surface area contributed by atoms with Crippen LogP contribution in [0.5, 0.6) is 0 Å². The van der Waals surface area contributed by atoms with Crippen LogP contribution >= 0.6 is 0 Å². The molecule has 24 heavy (non-hydrogen) atoms. The van der Waals surface area contributed by atoms with Crippen LogP contribution in [0.25, 0.3) is 10.8 Å². The van der Waals surface area contributed by atoms with E-state index in [1.54, 1.807) is 29.1 Å². The summed E-state index contributed by atoms with van der Waals surface area (Å²) in [4.78, 5) is 24.1. The minimum atomic E-state index is -0.141. The fourth-order valence-corrected chi connectivity index (χ4v) is 2.52. The molecule has 3 aromatic rings. The van der Waals surface area contributed by atoms with Crippen molar-refractivity contribution in [3.63, 3.8) is 0 Å². The number of Topliss-reactive ketones (excluding diaryl/α,β-unsaturated/α-hetero) is 2. The standard InChI is InChI=1S/C19H17N2O2.BrH/c20-11-18(22)17-6-3-9-21(12-17)13-19(23)16-8-7-14-4-1-2-5-15(14)10-16;/h1-10,12H,11,13,20H2;1H/q+1;/p-1. The minimum Gasteiger partial charge on any atom is -1.00 e. The molecule has 3 rings (SSSR count). The predicted octanol–water partition coefficient (Wildman–Crippen LogP) is -0.844. The minimum absolute atomic E-state index is 0. The maximum atomic E-state index is 12.5. The zero-order valence-corrected chi connectivity index (χ0v) is 14.6. The first-order chi connectivity index (χ1) is 11.2. The summed E-state index contributed by atoms with van der Waals surface area (Å²) < 4.78 is 1.71. The third-order valence-electron chi connectivity index (χ3n) is 3.76. The number of hydrogen-bond donors (Lipinski definition) is 1. The van der Waals surface area contributed by atoms with Crippen LogP contribution in [0.4, 0.5) is 0 Å². The van der Waals surface area contributed by atoms with Gasteiger partial charge in [0.05, 0.1) is 12.1 Å². The van der Waals surface area contributed by atoms with Crippen molar-refractivity contribution in [2.75, 3.05) is 6.54 Å². The molecule has 122 valence electrons. The Labute approximate surface area is 150 Å². The van der Waals surface area contributed by atoms with Gasteiger partial charge in [0, 0.05) is 11.6 Å². The van der Waals surface area contributed by atoms with Gasteiger partial charge in [-0.1, -0.05) is 36.4 Å². The van der Waals surface area contributed by atoms with Gasteiger partial charge in [0.15, 0.2) is 18.2 Å². The number of fused-ring (bicyclic) bond motifs is 1. The van der Waals surface area contributed by atoms with Crippen molar-refractivity contribution in [1.29, 1.82) is 0 Å². The molecular weight excluding hydrogens is 368 g/mol. The maximum absolute atomic E-state index is 12.5. The summed E-state index contributed by atoms with van der Waals surface area (Å²) in [6.07, 6.45) is 3.43. The fourth-order valence-electron chi connectivity index (χ4n) is 2.52. The van der Waals surface area contributed by atoms with Crippen LogP contribution in [-0.2, 0) is 6.54 Å². The van der Waals surface area contributed by atoms with E-state index in [-0.39, 0.29) is 41.6 Å². The van der Waals surface area contributed by atoms with Gasteiger partial charge in [0.2, 0.25) is 12.3 Å². The molecule has 0 aliphatic rings. The second kappa shape index (κ2) is 7.95. The fraction of sp³-hybridized carbons (Fsp3) is 0.105. The topological polar surface area (TPSA) is 64.0 Å². The van der Waals surface area contributed by atoms with E-state index in [1.165, 1.54) is 0 Å². The Kier molecular flexibility index (Phi) is 5.95. The Morgan fingerprint density at radius 3 is 2.38 bits per heavy atom. The van der Waals surface area contributed by atoms with Gasteiger partial charge in [0.25, 0.3) is 0 Å². The number of carbonyl (C=O) groups excluding carboxylic acids is 2. The molecule has 0 unspecified atom stereocenters. The molecule has 0 atom stereocenters. The Bertz CT molecular complexity index is 893. The summed E-state index contributed by atoms with van der Waals surface area (Å²) in [5.41, 5.74) is 6.55. The molecule has 5 heteroatoms. The van der Waals surface area contributed by atoms with Crippen molar-refractivity contribution in [3.05, 3.63) is 78.1 Å². The molecule has 1 aromatic heterocycles. The van der Waals surface area contributed by atoms with Gasteiger partial charge in [-0.2, -0.15) is 4.57 Å². The second-order valence-electron chi connectivity index (χ2n) is 5.38. The van der Waals surface area contributed by atoms with Crippen molar-refractivity contribution in [2.24, 2.45) is 5.73 Å². The lowest BCUT2D eigenvalue weighted by Crippen LogP contribution is -3.00. The summed E-state index contributed by atoms with van der Waals surface area (Å²) in [6, 6.07) is 17.0. The molecule has 0 spiro atoms. The molecule has 0 radical (unpaired) electrons. The smallest absolute Gasteiger partial charge is 0.227 e. The molecular formula is C19H17BrN2O2. The highest BCUT2D eigenvalue weighted by Gasteiger charge is 2.14. The summed E-state index contributed by atoms with van der Waals surface area (Å²) in [6.45, 7) is 0.146. The summed E-state index contributed by atoms with van der Waals surface area (Å²) in [5, 5.41) is 2.14. The highest BCUT2D eigenvalue weighted by atomic mass is 79.9. The van der Waals surface area contributed by atoms with Crippen LogP contribution in [0.3, 0.4) is 0 Å². The number of benzene rings is 2. The van der Waals surface area contributed by atoms with Gasteiger partial charge >= 0.3 is 0 Å². The van der Waals surface area contributed by atoms with Gasteiger partial charge < -0.3 is 22.7 Å². The highest BCUT2D eigenvalue weighted by molar-refractivity contribution is 5.99. The van der Waals surface area contributed by atoms with Crippen LogP contribution in [0.15, 0.2) is 67.0 Å². The number of nitrogens with zero attached hydrogens (tertiary/aromatic N) is 1. The normalized spacial score (nSPS) is 10.2. The maximum Gasteiger partial charge on any atom is 0.227 e. The van der Waals surface area contributed by atoms with Crippen molar-refractivity contribution in [1.82, 2.24) is 0 Å². The number of pyridine rings is 1. The monoisotopic (exact) mass is 384 g/mol. The van der Waals surface area contributed by atoms with Crippen LogP contribution in [0.1, 0.15) is 20.7 Å². The van der Waals surface area contributed by atoms with E-state index in [0.717, 1.165) is 10.8 Å². The Balaban J connectivity index is 0.00000208. The van der Waals surface area contributed by atoms with Crippen LogP contribution in [0.2, 0.25) is 0 Å². The molecule has 0 bridgehead atoms. The molecule has 0 amide bonds. The Hall–Kier alpha value is -2.37. The van der Waals surface area contributed by atoms with Gasteiger partial charge in [-0.05, 0) is 22.9 Å². The van der Waals surface area contributed by atoms with Crippen LogP contribution in [0, 0.1) is 0 Å². The molecule has 4 nitrogen and oxygen atoms in total. The first kappa shape index (κ1) is 18.0. The van der Waals surface area contributed by atoms with E-state index in [9.17, 15) is 9.59 Å². The van der Waals surface area contributed by atoms with E-state index in [0.29, 0.717) is 11.1 Å². The SMILES string of the molecule is NCC(=O)c1ccc[n+](CC(=O)c2ccc3ccccc3c2)c1.[Br-]. The largest absolute Gasteiger partial charge is 1.00 e. The van der Waals surface area contributed by atoms with E-state index in [4.69, 9.17) is 5.73 Å². The van der Waals surface area contributed by atoms with Gasteiger partial charge in [-0.25, -0.2) is 0 Å². The lowest BCUT2D eigenvalue weighted by atomic mass is 10.0. The second-order valence-corrected chi connectivity index (χ2v) is 5.38. The number of nitrogens with two attached hydrogens (primary N) is 1. The Morgan fingerprint density at radius 1 is 0.875 bits per heavy atom. The number of halogens is 1. The first-order valence-electron chi connectivity index (χ1n) is 7.42. The van der Waals surface area contributed by atoms with E-state index in [1.807, 2.05) is 42.5 Å². The molecule has 0 aliphatic heterocycles. The number of hydrogen-bond acceptors (Lipinski definition) is 3. The lowest BCUT2D eigenvalue weighted by Gasteiger charge is -2.02. The first-order valence-corrected chi connectivity index (χ1v) is 7.42. The molecule has 0 aliphatic carbocycles. The summed E-state index contributed by atoms with van der Waals surface area (Å²) in [7, 11) is 0. The van der Waals surface area contributed by atoms with Crippen molar-refractivity contribution in [2.45, 2.75) is 6.54 Å². The summed E-state index contributed by atoms with van der Waals surface area (Å²) in [5.74, 6) is -0.143. The quantitative estimate of drug-likeness (QED) is 0.460. The lowest BCUT2D eigenvalue weighted by molar-refractivity contribution is -0.683. The third-order valence-corrected chi connectivity index (χ3v) is 3.76. The zero-order valence-electron chi connectivity index (χ0n) is 13.0. The third kappa shape index (κ3) is 3.93. The Morgan fingerprint density at radius 2 is 1.62 bits per heavy atom. The predicted molar refractivity (Wildman–Crippen MR) is 88.3 cm³/mol. The molecule has 1 heterocycles. The average Bonchev–Trinajstić information content (AvgIpc) is 2.60. The number of ketones is 2. The number of rotatable bonds is 5. The zero-order chi connectivity index (χ0) is 16.2. The summed E-state index contributed by atoms with van der Waals surface area (Å²) >= 11 is 0. The van der Waals surface area contributed by atoms with Gasteiger partial charge in [-0.3, -0.25) is 9.59 Å². The molecule has 0 saturated heterocycles. The average molecular weight is 385 g/mol. The van der Waals surface area contributed by atoms with E-state index < -0.39 is 0 Å². The highest BCUT2D eigenvalue weighted by Crippen LogP contribution is 2.16. The van der Waals surface area contributed by atoms with Gasteiger partial charge in [-0.15, -0.1) is 0 Å². The molecule has 2 aromatic carbocycles. The number of carbonyl (C=O) groups is 2. The molecule has 0 fully saturated rings. The van der Waals surface area contributed by atoms with Crippen LogP contribution < -0.4 is 27.3 Å². The van der Waals surface area contributed by atoms with Crippen molar-refractivity contribution >= 4 is 22.3 Å². The molecule has 0 saturated carbocycles. The van der Waals surface area contributed by atoms with E-state index >= 15 is 0 Å². The van der Waals surface area contributed by atoms with Crippen molar-refractivity contribution < 1.29 is 31.1 Å².